The molecule has 76 valence electrons. The van der Waals surface area contributed by atoms with Crippen LogP contribution in [0.25, 0.3) is 0 Å². The quantitative estimate of drug-likeness (QED) is 0.769. The molecule has 0 saturated heterocycles. The molecule has 0 aliphatic heterocycles. The fourth-order valence-corrected chi connectivity index (χ4v) is 0.927. The highest BCUT2D eigenvalue weighted by Gasteiger charge is 2.02. The van der Waals surface area contributed by atoms with Crippen LogP contribution in [0.2, 0.25) is 0 Å². The van der Waals surface area contributed by atoms with E-state index in [1.54, 1.807) is 18.3 Å². The van der Waals surface area contributed by atoms with Gasteiger partial charge in [0.1, 0.15) is 6.61 Å². The molecular weight excluding hydrogens is 184 g/mol. The van der Waals surface area contributed by atoms with Crippen LogP contribution in [0, 0.1) is 0 Å². The lowest BCUT2D eigenvalue weighted by Gasteiger charge is -2.05. The van der Waals surface area contributed by atoms with Crippen molar-refractivity contribution in [1.82, 2.24) is 4.98 Å². The lowest BCUT2D eigenvalue weighted by molar-refractivity contribution is -0.119. The number of carbonyl (C=O) groups is 1. The van der Waals surface area contributed by atoms with Gasteiger partial charge in [-0.3, -0.25) is 4.79 Å². The van der Waals surface area contributed by atoms with Gasteiger partial charge in [0.2, 0.25) is 11.8 Å². The van der Waals surface area contributed by atoms with Crippen molar-refractivity contribution >= 4 is 11.6 Å². The van der Waals surface area contributed by atoms with E-state index in [1.807, 2.05) is 0 Å². The third-order valence-electron chi connectivity index (χ3n) is 1.50. The summed E-state index contributed by atoms with van der Waals surface area (Å²) in [6.07, 6.45) is 1.56. The third-order valence-corrected chi connectivity index (χ3v) is 1.50. The van der Waals surface area contributed by atoms with Crippen LogP contribution in [0.15, 0.2) is 18.3 Å². The highest BCUT2D eigenvalue weighted by molar-refractivity contribution is 5.91. The molecule has 0 radical (unpaired) electrons. The zero-order valence-corrected chi connectivity index (χ0v) is 8.11. The topological polar surface area (TPSA) is 60.5 Å². The Morgan fingerprint density at radius 3 is 3.00 bits per heavy atom. The summed E-state index contributed by atoms with van der Waals surface area (Å²) in [6.45, 7) is 0.0324. The van der Waals surface area contributed by atoms with E-state index in [0.717, 1.165) is 0 Å². The minimum absolute atomic E-state index is 0.0324. The Morgan fingerprint density at radius 2 is 2.36 bits per heavy atom. The molecule has 1 rings (SSSR count). The number of amides is 1. The molecule has 0 bridgehead atoms. The first-order valence-corrected chi connectivity index (χ1v) is 4.05. The standard InChI is InChI=1S/C9H12N2O3/c1-13-6-8(12)11-7-3-4-10-9(5-7)14-2/h3-5H,6H2,1-2H3,(H,10,11,12). The van der Waals surface area contributed by atoms with Gasteiger partial charge in [0.25, 0.3) is 0 Å². The van der Waals surface area contributed by atoms with Crippen molar-refractivity contribution < 1.29 is 14.3 Å². The molecular formula is C9H12N2O3. The molecule has 1 aromatic rings. The molecule has 14 heavy (non-hydrogen) atoms. The van der Waals surface area contributed by atoms with Gasteiger partial charge in [-0.05, 0) is 6.07 Å². The fourth-order valence-electron chi connectivity index (χ4n) is 0.927. The third kappa shape index (κ3) is 3.02. The molecule has 5 heteroatoms. The van der Waals surface area contributed by atoms with Gasteiger partial charge >= 0.3 is 0 Å². The zero-order chi connectivity index (χ0) is 10.4. The van der Waals surface area contributed by atoms with E-state index in [-0.39, 0.29) is 12.5 Å². The van der Waals surface area contributed by atoms with Crippen LogP contribution in [-0.4, -0.2) is 31.7 Å². The number of rotatable bonds is 4. The van der Waals surface area contributed by atoms with Crippen molar-refractivity contribution in [2.75, 3.05) is 26.1 Å². The van der Waals surface area contributed by atoms with Crippen LogP contribution in [-0.2, 0) is 9.53 Å². The maximum atomic E-state index is 11.1. The first-order valence-electron chi connectivity index (χ1n) is 4.05. The van der Waals surface area contributed by atoms with Crippen molar-refractivity contribution in [2.45, 2.75) is 0 Å². The van der Waals surface area contributed by atoms with Gasteiger partial charge in [-0.25, -0.2) is 4.98 Å². The van der Waals surface area contributed by atoms with Crippen molar-refractivity contribution in [3.63, 3.8) is 0 Å². The molecule has 0 aromatic carbocycles. The minimum Gasteiger partial charge on any atom is -0.481 e. The number of hydrogen-bond donors (Lipinski definition) is 1. The average Bonchev–Trinajstić information content (AvgIpc) is 2.18. The lowest BCUT2D eigenvalue weighted by Crippen LogP contribution is -2.17. The normalized spacial score (nSPS) is 9.57. The first-order chi connectivity index (χ1) is 6.76. The second-order valence-electron chi connectivity index (χ2n) is 2.57. The van der Waals surface area contributed by atoms with Crippen molar-refractivity contribution in [3.05, 3.63) is 18.3 Å². The Labute approximate surface area is 82.0 Å². The van der Waals surface area contributed by atoms with E-state index in [2.05, 4.69) is 15.0 Å². The summed E-state index contributed by atoms with van der Waals surface area (Å²) in [6, 6.07) is 3.31. The van der Waals surface area contributed by atoms with E-state index >= 15 is 0 Å². The summed E-state index contributed by atoms with van der Waals surface area (Å²) in [7, 11) is 2.98. The van der Waals surface area contributed by atoms with E-state index in [4.69, 9.17) is 4.74 Å². The average molecular weight is 196 g/mol. The fraction of sp³-hybridized carbons (Fsp3) is 0.333. The highest BCUT2D eigenvalue weighted by Crippen LogP contribution is 2.12. The Hall–Kier alpha value is -1.62. The van der Waals surface area contributed by atoms with Crippen molar-refractivity contribution in [2.24, 2.45) is 0 Å². The summed E-state index contributed by atoms with van der Waals surface area (Å²) in [5.74, 6) is 0.251. The first kappa shape index (κ1) is 10.5. The lowest BCUT2D eigenvalue weighted by atomic mass is 10.4. The van der Waals surface area contributed by atoms with Crippen LogP contribution in [0.5, 0.6) is 5.88 Å². The van der Waals surface area contributed by atoms with E-state index in [9.17, 15) is 4.79 Å². The largest absolute Gasteiger partial charge is 0.481 e. The molecule has 0 saturated carbocycles. The number of nitrogens with zero attached hydrogens (tertiary/aromatic N) is 1. The predicted octanol–water partition coefficient (Wildman–Crippen LogP) is 0.675. The van der Waals surface area contributed by atoms with Gasteiger partial charge in [0.05, 0.1) is 7.11 Å². The molecule has 1 amide bonds. The summed E-state index contributed by atoms with van der Waals surface area (Å²) in [5.41, 5.74) is 0.638. The number of methoxy groups -OCH3 is 2. The number of aromatic nitrogens is 1. The number of anilines is 1. The predicted molar refractivity (Wildman–Crippen MR) is 51.3 cm³/mol. The number of carbonyl (C=O) groups excluding carboxylic acids is 1. The zero-order valence-electron chi connectivity index (χ0n) is 8.11. The van der Waals surface area contributed by atoms with E-state index < -0.39 is 0 Å². The van der Waals surface area contributed by atoms with Crippen LogP contribution >= 0.6 is 0 Å². The number of nitrogens with one attached hydrogen (secondary N) is 1. The molecule has 0 unspecified atom stereocenters. The van der Waals surface area contributed by atoms with E-state index in [1.165, 1.54) is 14.2 Å². The summed E-state index contributed by atoms with van der Waals surface area (Å²) in [5, 5.41) is 2.63. The second-order valence-corrected chi connectivity index (χ2v) is 2.57. The monoisotopic (exact) mass is 196 g/mol. The van der Waals surface area contributed by atoms with Crippen LogP contribution in [0.1, 0.15) is 0 Å². The molecule has 0 aliphatic carbocycles. The Morgan fingerprint density at radius 1 is 1.57 bits per heavy atom. The number of pyridine rings is 1. The number of ether oxygens (including phenoxy) is 2. The maximum absolute atomic E-state index is 11.1. The number of hydrogen-bond acceptors (Lipinski definition) is 4. The molecule has 5 nitrogen and oxygen atoms in total. The Kier molecular flexibility index (Phi) is 3.87. The van der Waals surface area contributed by atoms with E-state index in [0.29, 0.717) is 11.6 Å². The van der Waals surface area contributed by atoms with Gasteiger partial charge in [-0.2, -0.15) is 0 Å². The summed E-state index contributed by atoms with van der Waals surface area (Å²) >= 11 is 0. The minimum atomic E-state index is -0.208. The molecule has 1 N–H and O–H groups in total. The SMILES string of the molecule is COCC(=O)Nc1ccnc(OC)c1. The molecule has 0 fully saturated rings. The Bertz CT molecular complexity index is 315. The molecule has 0 spiro atoms. The van der Waals surface area contributed by atoms with Gasteiger partial charge in [0, 0.05) is 25.1 Å². The second kappa shape index (κ2) is 5.18. The van der Waals surface area contributed by atoms with Gasteiger partial charge in [-0.15, -0.1) is 0 Å². The molecule has 1 aromatic heterocycles. The highest BCUT2D eigenvalue weighted by atomic mass is 16.5. The smallest absolute Gasteiger partial charge is 0.250 e. The summed E-state index contributed by atoms with van der Waals surface area (Å²) < 4.78 is 9.58. The summed E-state index contributed by atoms with van der Waals surface area (Å²) in [4.78, 5) is 15.0. The van der Waals surface area contributed by atoms with Crippen LogP contribution in [0.3, 0.4) is 0 Å². The van der Waals surface area contributed by atoms with Crippen LogP contribution < -0.4 is 10.1 Å². The molecule has 0 atom stereocenters. The van der Waals surface area contributed by atoms with Crippen molar-refractivity contribution in [3.8, 4) is 5.88 Å². The van der Waals surface area contributed by atoms with Gasteiger partial charge in [-0.1, -0.05) is 0 Å². The van der Waals surface area contributed by atoms with Gasteiger partial charge < -0.3 is 14.8 Å². The maximum Gasteiger partial charge on any atom is 0.250 e. The van der Waals surface area contributed by atoms with Crippen LogP contribution in [0.4, 0.5) is 5.69 Å². The van der Waals surface area contributed by atoms with Crippen molar-refractivity contribution in [1.29, 1.82) is 0 Å². The Balaban J connectivity index is 2.62. The van der Waals surface area contributed by atoms with Gasteiger partial charge in [0.15, 0.2) is 0 Å². The molecule has 1 heterocycles. The molecule has 0 aliphatic rings.